The lowest BCUT2D eigenvalue weighted by molar-refractivity contribution is -0.124. The van der Waals surface area contributed by atoms with Gasteiger partial charge in [0.15, 0.2) is 6.61 Å². The fourth-order valence-corrected chi connectivity index (χ4v) is 4.01. The molecule has 156 valence electrons. The van der Waals surface area contributed by atoms with Crippen molar-refractivity contribution in [2.45, 2.75) is 37.8 Å². The molecule has 0 unspecified atom stereocenters. The summed E-state index contributed by atoms with van der Waals surface area (Å²) < 4.78 is 5.50. The zero-order valence-corrected chi connectivity index (χ0v) is 17.9. The summed E-state index contributed by atoms with van der Waals surface area (Å²) in [5, 5.41) is 8.59. The highest BCUT2D eigenvalue weighted by molar-refractivity contribution is 6.42. The topological polar surface area (TPSA) is 63.2 Å². The first-order chi connectivity index (χ1) is 14.6. The highest BCUT2D eigenvalue weighted by Crippen LogP contribution is 2.26. The minimum atomic E-state index is -0.131. The van der Waals surface area contributed by atoms with Crippen LogP contribution in [0.25, 0.3) is 10.9 Å². The molecule has 0 bridgehead atoms. The van der Waals surface area contributed by atoms with E-state index in [4.69, 9.17) is 27.9 Å². The van der Waals surface area contributed by atoms with E-state index in [1.807, 2.05) is 24.3 Å². The van der Waals surface area contributed by atoms with Gasteiger partial charge in [0, 0.05) is 23.5 Å². The Balaban J connectivity index is 1.22. The molecule has 0 aliphatic heterocycles. The summed E-state index contributed by atoms with van der Waals surface area (Å²) >= 11 is 11.8. The number of carbonyl (C=O) groups excluding carboxylic acids is 1. The summed E-state index contributed by atoms with van der Waals surface area (Å²) in [4.78, 5) is 16.9. The van der Waals surface area contributed by atoms with Crippen LogP contribution in [0, 0.1) is 0 Å². The first-order valence-corrected chi connectivity index (χ1v) is 10.8. The number of hydrogen-bond acceptors (Lipinski definition) is 4. The van der Waals surface area contributed by atoms with Gasteiger partial charge >= 0.3 is 0 Å². The summed E-state index contributed by atoms with van der Waals surface area (Å²) in [6.45, 7) is -0.0445. The van der Waals surface area contributed by atoms with E-state index in [1.54, 1.807) is 18.2 Å². The Bertz CT molecular complexity index is 1040. The second-order valence-electron chi connectivity index (χ2n) is 7.51. The van der Waals surface area contributed by atoms with Crippen molar-refractivity contribution in [3.8, 4) is 5.75 Å². The molecule has 0 radical (unpaired) electrons. The van der Waals surface area contributed by atoms with E-state index in [2.05, 4.69) is 27.8 Å². The van der Waals surface area contributed by atoms with Crippen LogP contribution < -0.4 is 15.4 Å². The van der Waals surface area contributed by atoms with E-state index in [0.717, 1.165) is 42.4 Å². The van der Waals surface area contributed by atoms with Crippen LogP contribution >= 0.6 is 23.2 Å². The molecular formula is C23H23Cl2N3O2. The number of ether oxygens (including phenoxy) is 1. The van der Waals surface area contributed by atoms with Crippen molar-refractivity contribution in [1.82, 2.24) is 10.3 Å². The van der Waals surface area contributed by atoms with Gasteiger partial charge in [-0.2, -0.15) is 0 Å². The highest BCUT2D eigenvalue weighted by atomic mass is 35.5. The Labute approximate surface area is 185 Å². The van der Waals surface area contributed by atoms with Crippen LogP contribution in [0.4, 0.5) is 5.82 Å². The number of nitrogens with one attached hydrogen (secondary N) is 2. The van der Waals surface area contributed by atoms with Crippen LogP contribution in [0.5, 0.6) is 5.75 Å². The fourth-order valence-electron chi connectivity index (χ4n) is 3.72. The minimum absolute atomic E-state index is 0.0445. The Morgan fingerprint density at radius 1 is 0.967 bits per heavy atom. The van der Waals surface area contributed by atoms with Crippen molar-refractivity contribution in [2.75, 3.05) is 11.9 Å². The maximum Gasteiger partial charge on any atom is 0.258 e. The zero-order chi connectivity index (χ0) is 20.9. The van der Waals surface area contributed by atoms with Crippen molar-refractivity contribution in [3.63, 3.8) is 0 Å². The predicted molar refractivity (Wildman–Crippen MR) is 122 cm³/mol. The third-order valence-corrected chi connectivity index (χ3v) is 6.04. The van der Waals surface area contributed by atoms with E-state index < -0.39 is 0 Å². The molecule has 1 amide bonds. The SMILES string of the molecule is O=C(COc1ccc(Cl)c(Cl)c1)N[C@H]1CC[C@@H](Nc2ccc3ccccc3n2)CC1. The molecule has 2 aromatic carbocycles. The van der Waals surface area contributed by atoms with E-state index in [1.165, 1.54) is 0 Å². The quantitative estimate of drug-likeness (QED) is 0.530. The van der Waals surface area contributed by atoms with E-state index in [0.29, 0.717) is 21.8 Å². The third-order valence-electron chi connectivity index (χ3n) is 5.30. The van der Waals surface area contributed by atoms with Gasteiger partial charge < -0.3 is 15.4 Å². The summed E-state index contributed by atoms with van der Waals surface area (Å²) in [5.74, 6) is 1.29. The number of fused-ring (bicyclic) bond motifs is 1. The highest BCUT2D eigenvalue weighted by Gasteiger charge is 2.22. The molecule has 1 heterocycles. The molecule has 0 spiro atoms. The van der Waals surface area contributed by atoms with Gasteiger partial charge in [0.2, 0.25) is 0 Å². The fraction of sp³-hybridized carbons (Fsp3) is 0.304. The number of aromatic nitrogens is 1. The monoisotopic (exact) mass is 443 g/mol. The zero-order valence-electron chi connectivity index (χ0n) is 16.4. The first kappa shape index (κ1) is 20.8. The molecule has 1 fully saturated rings. The first-order valence-electron chi connectivity index (χ1n) is 10.1. The van der Waals surface area contributed by atoms with Crippen molar-refractivity contribution in [3.05, 3.63) is 64.6 Å². The van der Waals surface area contributed by atoms with Gasteiger partial charge in [-0.1, -0.05) is 41.4 Å². The molecule has 0 atom stereocenters. The molecule has 0 saturated heterocycles. The van der Waals surface area contributed by atoms with E-state index >= 15 is 0 Å². The Kier molecular flexibility index (Phi) is 6.60. The molecule has 1 aliphatic carbocycles. The largest absolute Gasteiger partial charge is 0.484 e. The minimum Gasteiger partial charge on any atom is -0.484 e. The Morgan fingerprint density at radius 3 is 2.53 bits per heavy atom. The number of rotatable bonds is 6. The molecule has 5 nitrogen and oxygen atoms in total. The molecule has 1 aromatic heterocycles. The van der Waals surface area contributed by atoms with Crippen LogP contribution in [0.15, 0.2) is 54.6 Å². The number of benzene rings is 2. The second-order valence-corrected chi connectivity index (χ2v) is 8.33. The van der Waals surface area contributed by atoms with Crippen molar-refractivity contribution < 1.29 is 9.53 Å². The van der Waals surface area contributed by atoms with Gasteiger partial charge in [-0.15, -0.1) is 0 Å². The van der Waals surface area contributed by atoms with E-state index in [-0.39, 0.29) is 18.6 Å². The average Bonchev–Trinajstić information content (AvgIpc) is 2.76. The maximum atomic E-state index is 12.2. The van der Waals surface area contributed by atoms with Gasteiger partial charge in [0.25, 0.3) is 5.91 Å². The average molecular weight is 444 g/mol. The Morgan fingerprint density at radius 2 is 1.73 bits per heavy atom. The summed E-state index contributed by atoms with van der Waals surface area (Å²) in [7, 11) is 0. The van der Waals surface area contributed by atoms with Crippen LogP contribution in [-0.4, -0.2) is 29.6 Å². The standard InChI is InChI=1S/C23H23Cl2N3O2/c24-19-11-10-18(13-20(19)25)30-14-23(29)27-17-8-6-16(7-9-17)26-22-12-5-15-3-1-2-4-21(15)28-22/h1-5,10-13,16-17H,6-9,14H2,(H,26,28)(H,27,29)/t16-,17+. The Hall–Kier alpha value is -2.50. The molecular weight excluding hydrogens is 421 g/mol. The number of nitrogens with zero attached hydrogens (tertiary/aromatic N) is 1. The van der Waals surface area contributed by atoms with Crippen molar-refractivity contribution >= 4 is 45.8 Å². The molecule has 1 saturated carbocycles. The summed E-state index contributed by atoms with van der Waals surface area (Å²) in [5.41, 5.74) is 0.991. The number of hydrogen-bond donors (Lipinski definition) is 2. The maximum absolute atomic E-state index is 12.2. The van der Waals surface area contributed by atoms with Gasteiger partial charge in [-0.25, -0.2) is 4.98 Å². The van der Waals surface area contributed by atoms with Crippen LogP contribution in [0.1, 0.15) is 25.7 Å². The normalized spacial score (nSPS) is 18.7. The number of anilines is 1. The summed E-state index contributed by atoms with van der Waals surface area (Å²) in [6, 6.07) is 17.7. The smallest absolute Gasteiger partial charge is 0.258 e. The number of para-hydroxylation sites is 1. The van der Waals surface area contributed by atoms with Crippen LogP contribution in [0.3, 0.4) is 0 Å². The lowest BCUT2D eigenvalue weighted by Crippen LogP contribution is -2.42. The number of amides is 1. The second kappa shape index (κ2) is 9.54. The number of carbonyl (C=O) groups is 1. The van der Waals surface area contributed by atoms with Crippen LogP contribution in [-0.2, 0) is 4.79 Å². The van der Waals surface area contributed by atoms with E-state index in [9.17, 15) is 4.79 Å². The molecule has 2 N–H and O–H groups in total. The summed E-state index contributed by atoms with van der Waals surface area (Å²) in [6.07, 6.45) is 3.80. The molecule has 4 rings (SSSR count). The van der Waals surface area contributed by atoms with Crippen LogP contribution in [0.2, 0.25) is 10.0 Å². The molecule has 30 heavy (non-hydrogen) atoms. The van der Waals surface area contributed by atoms with Gasteiger partial charge in [-0.3, -0.25) is 4.79 Å². The third kappa shape index (κ3) is 5.35. The predicted octanol–water partition coefficient (Wildman–Crippen LogP) is 5.46. The molecule has 1 aliphatic rings. The van der Waals surface area contributed by atoms with Gasteiger partial charge in [0.1, 0.15) is 11.6 Å². The molecule has 3 aromatic rings. The number of pyridine rings is 1. The van der Waals surface area contributed by atoms with Crippen molar-refractivity contribution in [2.24, 2.45) is 0 Å². The lowest BCUT2D eigenvalue weighted by Gasteiger charge is -2.30. The molecule has 7 heteroatoms. The lowest BCUT2D eigenvalue weighted by atomic mass is 9.91. The number of halogens is 2. The van der Waals surface area contributed by atoms with Crippen molar-refractivity contribution in [1.29, 1.82) is 0 Å². The van der Waals surface area contributed by atoms with Gasteiger partial charge in [-0.05, 0) is 56.0 Å². The van der Waals surface area contributed by atoms with Gasteiger partial charge in [0.05, 0.1) is 15.6 Å².